The van der Waals surface area contributed by atoms with Gasteiger partial charge in [0, 0.05) is 5.69 Å². The van der Waals surface area contributed by atoms with E-state index in [4.69, 9.17) is 5.11 Å². The summed E-state index contributed by atoms with van der Waals surface area (Å²) in [7, 11) is 2.02. The summed E-state index contributed by atoms with van der Waals surface area (Å²) in [5, 5.41) is 8.94. The summed E-state index contributed by atoms with van der Waals surface area (Å²) in [6, 6.07) is 1.67. The predicted molar refractivity (Wildman–Crippen MR) is 58.3 cm³/mol. The maximum atomic E-state index is 10.9. The molecule has 1 saturated heterocycles. The Kier molecular flexibility index (Phi) is 2.87. The zero-order chi connectivity index (χ0) is 11.7. The molecule has 0 bridgehead atoms. The molecule has 0 spiro atoms. The van der Waals surface area contributed by atoms with Gasteiger partial charge in [-0.3, -0.25) is 4.90 Å². The van der Waals surface area contributed by atoms with Gasteiger partial charge in [0.1, 0.15) is 5.82 Å². The van der Waals surface area contributed by atoms with Crippen molar-refractivity contribution in [3.63, 3.8) is 0 Å². The minimum absolute atomic E-state index is 0.0859. The lowest BCUT2D eigenvalue weighted by Gasteiger charge is -2.18. The van der Waals surface area contributed by atoms with Gasteiger partial charge in [-0.05, 0) is 39.4 Å². The summed E-state index contributed by atoms with van der Waals surface area (Å²) in [5.41, 5.74) is 0.797. The number of aromatic nitrogens is 2. The normalized spacial score (nSPS) is 21.2. The zero-order valence-corrected chi connectivity index (χ0v) is 9.47. The van der Waals surface area contributed by atoms with E-state index >= 15 is 0 Å². The Hall–Kier alpha value is -1.49. The molecule has 0 radical (unpaired) electrons. The molecule has 1 fully saturated rings. The lowest BCUT2D eigenvalue weighted by atomic mass is 10.2. The van der Waals surface area contributed by atoms with Crippen LogP contribution in [-0.4, -0.2) is 39.5 Å². The first kappa shape index (κ1) is 11.0. The topological polar surface area (TPSA) is 66.3 Å². The molecule has 2 heterocycles. The van der Waals surface area contributed by atoms with Crippen molar-refractivity contribution in [2.24, 2.45) is 0 Å². The van der Waals surface area contributed by atoms with Crippen LogP contribution in [0.5, 0.6) is 0 Å². The highest BCUT2D eigenvalue weighted by Gasteiger charge is 2.26. The first-order chi connectivity index (χ1) is 7.58. The molecule has 16 heavy (non-hydrogen) atoms. The number of aromatic carboxylic acids is 1. The summed E-state index contributed by atoms with van der Waals surface area (Å²) >= 11 is 0. The van der Waals surface area contributed by atoms with E-state index in [1.165, 1.54) is 6.07 Å². The van der Waals surface area contributed by atoms with Gasteiger partial charge in [0.05, 0.1) is 6.04 Å². The van der Waals surface area contributed by atoms with Crippen molar-refractivity contribution >= 4 is 5.97 Å². The van der Waals surface area contributed by atoms with E-state index in [-0.39, 0.29) is 11.7 Å². The van der Waals surface area contributed by atoms with E-state index in [1.807, 2.05) is 7.05 Å². The molecule has 1 aliphatic heterocycles. The molecule has 86 valence electrons. The Morgan fingerprint density at radius 1 is 1.56 bits per heavy atom. The second kappa shape index (κ2) is 4.17. The minimum Gasteiger partial charge on any atom is -0.477 e. The number of carboxylic acids is 1. The molecule has 5 nitrogen and oxygen atoms in total. The third kappa shape index (κ3) is 2.04. The zero-order valence-electron chi connectivity index (χ0n) is 9.47. The fraction of sp³-hybridized carbons (Fsp3) is 0.545. The van der Waals surface area contributed by atoms with E-state index in [0.29, 0.717) is 11.5 Å². The van der Waals surface area contributed by atoms with Crippen LogP contribution in [0.1, 0.15) is 40.9 Å². The number of hydrogen-bond acceptors (Lipinski definition) is 4. The molecule has 1 aliphatic rings. The second-order valence-electron chi connectivity index (χ2n) is 4.20. The van der Waals surface area contributed by atoms with Gasteiger partial charge in [-0.1, -0.05) is 0 Å². The molecule has 0 aliphatic carbocycles. The molecule has 0 saturated carbocycles. The fourth-order valence-electron chi connectivity index (χ4n) is 2.09. The molecule has 1 aromatic rings. The number of nitrogens with zero attached hydrogens (tertiary/aromatic N) is 3. The highest BCUT2D eigenvalue weighted by atomic mass is 16.4. The van der Waals surface area contributed by atoms with Crippen LogP contribution in [0.15, 0.2) is 6.07 Å². The molecule has 2 rings (SSSR count). The van der Waals surface area contributed by atoms with Gasteiger partial charge in [0.25, 0.3) is 0 Å². The quantitative estimate of drug-likeness (QED) is 0.814. The Morgan fingerprint density at radius 3 is 2.88 bits per heavy atom. The number of hydrogen-bond donors (Lipinski definition) is 1. The second-order valence-corrected chi connectivity index (χ2v) is 4.20. The lowest BCUT2D eigenvalue weighted by Crippen LogP contribution is -2.21. The Labute approximate surface area is 94.1 Å². The van der Waals surface area contributed by atoms with Crippen LogP contribution in [0.4, 0.5) is 0 Å². The fourth-order valence-corrected chi connectivity index (χ4v) is 2.09. The first-order valence-corrected chi connectivity index (χ1v) is 5.37. The molecule has 0 aromatic carbocycles. The average molecular weight is 221 g/mol. The number of likely N-dealkylation sites (tertiary alicyclic amines) is 1. The summed E-state index contributed by atoms with van der Waals surface area (Å²) in [6.07, 6.45) is 2.11. The van der Waals surface area contributed by atoms with Crippen molar-refractivity contribution in [3.05, 3.63) is 23.3 Å². The van der Waals surface area contributed by atoms with Crippen molar-refractivity contribution in [2.75, 3.05) is 13.6 Å². The molecule has 1 unspecified atom stereocenters. The van der Waals surface area contributed by atoms with Gasteiger partial charge >= 0.3 is 5.97 Å². The maximum absolute atomic E-state index is 10.9. The summed E-state index contributed by atoms with van der Waals surface area (Å²) in [6.45, 7) is 2.82. The molecule has 0 amide bonds. The summed E-state index contributed by atoms with van der Waals surface area (Å²) < 4.78 is 0. The first-order valence-electron chi connectivity index (χ1n) is 5.37. The molecule has 1 atom stereocenters. The lowest BCUT2D eigenvalue weighted by molar-refractivity contribution is 0.0689. The Balaban J connectivity index is 2.37. The third-order valence-corrected chi connectivity index (χ3v) is 2.91. The van der Waals surface area contributed by atoms with E-state index in [2.05, 4.69) is 14.9 Å². The van der Waals surface area contributed by atoms with Crippen LogP contribution >= 0.6 is 0 Å². The summed E-state index contributed by atoms with van der Waals surface area (Å²) in [4.78, 5) is 21.5. The smallest absolute Gasteiger partial charge is 0.354 e. The van der Waals surface area contributed by atoms with Gasteiger partial charge in [0.2, 0.25) is 0 Å². The number of rotatable bonds is 2. The average Bonchev–Trinajstić information content (AvgIpc) is 2.63. The highest BCUT2D eigenvalue weighted by molar-refractivity contribution is 5.85. The molecule has 5 heteroatoms. The van der Waals surface area contributed by atoms with Gasteiger partial charge < -0.3 is 5.11 Å². The molecule has 1 N–H and O–H groups in total. The Bertz CT molecular complexity index is 420. The maximum Gasteiger partial charge on any atom is 0.354 e. The van der Waals surface area contributed by atoms with Crippen LogP contribution in [0.2, 0.25) is 0 Å². The van der Waals surface area contributed by atoms with Crippen LogP contribution in [0, 0.1) is 6.92 Å². The van der Waals surface area contributed by atoms with Crippen molar-refractivity contribution in [1.29, 1.82) is 0 Å². The largest absolute Gasteiger partial charge is 0.477 e. The van der Waals surface area contributed by atoms with Crippen molar-refractivity contribution in [2.45, 2.75) is 25.8 Å². The molecule has 1 aromatic heterocycles. The third-order valence-electron chi connectivity index (χ3n) is 2.91. The van der Waals surface area contributed by atoms with Gasteiger partial charge in [0.15, 0.2) is 5.69 Å². The molecular weight excluding hydrogens is 206 g/mol. The van der Waals surface area contributed by atoms with E-state index < -0.39 is 5.97 Å². The highest BCUT2D eigenvalue weighted by Crippen LogP contribution is 2.28. The van der Waals surface area contributed by atoms with Crippen LogP contribution < -0.4 is 0 Å². The molecular formula is C11H15N3O2. The number of aryl methyl sites for hydroxylation is 1. The predicted octanol–water partition coefficient (Wildman–Crippen LogP) is 1.25. The monoisotopic (exact) mass is 221 g/mol. The van der Waals surface area contributed by atoms with Gasteiger partial charge in [-0.25, -0.2) is 14.8 Å². The van der Waals surface area contributed by atoms with Crippen LogP contribution in [-0.2, 0) is 0 Å². The van der Waals surface area contributed by atoms with E-state index in [9.17, 15) is 4.79 Å². The number of carbonyl (C=O) groups is 1. The van der Waals surface area contributed by atoms with Crippen molar-refractivity contribution < 1.29 is 9.90 Å². The van der Waals surface area contributed by atoms with Gasteiger partial charge in [-0.2, -0.15) is 0 Å². The number of carboxylic acid groups (broad SMARTS) is 1. The van der Waals surface area contributed by atoms with E-state index in [0.717, 1.165) is 19.4 Å². The van der Waals surface area contributed by atoms with Crippen LogP contribution in [0.25, 0.3) is 0 Å². The van der Waals surface area contributed by atoms with Crippen molar-refractivity contribution in [3.8, 4) is 0 Å². The standard InChI is InChI=1S/C11H15N3O2/c1-7-6-8(11(15)16)13-10(12-7)9-4-3-5-14(9)2/h6,9H,3-5H2,1-2H3,(H,15,16). The van der Waals surface area contributed by atoms with Crippen molar-refractivity contribution in [1.82, 2.24) is 14.9 Å². The minimum atomic E-state index is -0.993. The van der Waals surface area contributed by atoms with Crippen LogP contribution in [0.3, 0.4) is 0 Å². The summed E-state index contributed by atoms with van der Waals surface area (Å²) in [5.74, 6) is -0.357. The Morgan fingerprint density at radius 2 is 2.31 bits per heavy atom. The SMILES string of the molecule is Cc1cc(C(=O)O)nc(C2CCCN2C)n1. The van der Waals surface area contributed by atoms with Gasteiger partial charge in [-0.15, -0.1) is 0 Å². The van der Waals surface area contributed by atoms with E-state index in [1.54, 1.807) is 6.92 Å².